The minimum Gasteiger partial charge on any atom is -0.477 e. The molecule has 196 valence electrons. The lowest BCUT2D eigenvalue weighted by molar-refractivity contribution is 0.0701. The molecule has 0 unspecified atom stereocenters. The third-order valence-electron chi connectivity index (χ3n) is 6.97. The first-order chi connectivity index (χ1) is 18.2. The van der Waals surface area contributed by atoms with E-state index < -0.39 is 11.9 Å². The highest BCUT2D eigenvalue weighted by atomic mass is 32.1. The van der Waals surface area contributed by atoms with Crippen molar-refractivity contribution in [3.05, 3.63) is 76.6 Å². The molecule has 5 rings (SSSR count). The number of rotatable bonds is 7. The first kappa shape index (κ1) is 25.9. The van der Waals surface area contributed by atoms with E-state index in [2.05, 4.69) is 43.2 Å². The molecule has 1 aliphatic carbocycles. The second-order valence-electron chi connectivity index (χ2n) is 10.9. The predicted octanol–water partition coefficient (Wildman–Crippen LogP) is 7.46. The molecule has 1 saturated carbocycles. The van der Waals surface area contributed by atoms with Crippen LogP contribution in [0.2, 0.25) is 0 Å². The van der Waals surface area contributed by atoms with E-state index in [0.717, 1.165) is 58.6 Å². The van der Waals surface area contributed by atoms with Crippen LogP contribution < -0.4 is 10.1 Å². The van der Waals surface area contributed by atoms with Crippen molar-refractivity contribution in [3.63, 3.8) is 0 Å². The molecule has 1 amide bonds. The smallest absolute Gasteiger partial charge is 0.347 e. The molecule has 0 spiro atoms. The van der Waals surface area contributed by atoms with Gasteiger partial charge < -0.3 is 9.84 Å². The number of fused-ring (bicyclic) bond motifs is 1. The molecule has 4 aromatic rings. The molecule has 0 radical (unpaired) electrons. The number of aromatic nitrogens is 2. The van der Waals surface area contributed by atoms with Gasteiger partial charge in [-0.1, -0.05) is 76.0 Å². The van der Waals surface area contributed by atoms with Crippen LogP contribution >= 0.6 is 11.3 Å². The zero-order valence-corrected chi connectivity index (χ0v) is 22.6. The van der Waals surface area contributed by atoms with Gasteiger partial charge in [-0.25, -0.2) is 14.8 Å². The van der Waals surface area contributed by atoms with Crippen molar-refractivity contribution in [2.45, 2.75) is 58.3 Å². The largest absolute Gasteiger partial charge is 0.477 e. The maximum absolute atomic E-state index is 13.1. The van der Waals surface area contributed by atoms with Crippen LogP contribution in [0.5, 0.6) is 11.5 Å². The summed E-state index contributed by atoms with van der Waals surface area (Å²) in [6, 6.07) is 15.8. The summed E-state index contributed by atoms with van der Waals surface area (Å²) in [7, 11) is 0. The van der Waals surface area contributed by atoms with Gasteiger partial charge in [-0.15, -0.1) is 0 Å². The summed E-state index contributed by atoms with van der Waals surface area (Å²) in [4.78, 5) is 33.1. The van der Waals surface area contributed by atoms with E-state index in [1.807, 2.05) is 30.3 Å². The molecule has 0 aliphatic heterocycles. The second kappa shape index (κ2) is 10.5. The first-order valence-electron chi connectivity index (χ1n) is 12.9. The van der Waals surface area contributed by atoms with Crippen molar-refractivity contribution >= 4 is 39.1 Å². The Morgan fingerprint density at radius 2 is 1.76 bits per heavy atom. The maximum Gasteiger partial charge on any atom is 0.347 e. The quantitative estimate of drug-likeness (QED) is 0.258. The number of benzene rings is 2. The Bertz CT molecular complexity index is 1480. The van der Waals surface area contributed by atoms with Crippen molar-refractivity contribution in [2.75, 3.05) is 5.32 Å². The van der Waals surface area contributed by atoms with E-state index in [1.54, 1.807) is 6.07 Å². The van der Waals surface area contributed by atoms with Gasteiger partial charge in [0.15, 0.2) is 5.13 Å². The van der Waals surface area contributed by atoms with Gasteiger partial charge >= 0.3 is 5.97 Å². The van der Waals surface area contributed by atoms with Gasteiger partial charge in [-0.05, 0) is 59.0 Å². The third-order valence-corrected chi connectivity index (χ3v) is 7.87. The van der Waals surface area contributed by atoms with E-state index in [1.165, 1.54) is 24.6 Å². The predicted molar refractivity (Wildman–Crippen MR) is 150 cm³/mol. The Hall–Kier alpha value is -3.78. The number of carbonyl (C=O) groups is 2. The Morgan fingerprint density at radius 1 is 1.05 bits per heavy atom. The molecular formula is C30H31N3O4S. The number of nitrogens with one attached hydrogen (secondary N) is 1. The van der Waals surface area contributed by atoms with Crippen molar-refractivity contribution in [2.24, 2.45) is 5.92 Å². The number of carbonyl (C=O) groups excluding carboxylic acids is 1. The van der Waals surface area contributed by atoms with Crippen LogP contribution in [0.4, 0.5) is 5.13 Å². The number of pyridine rings is 1. The van der Waals surface area contributed by atoms with Crippen LogP contribution in [0.1, 0.15) is 77.9 Å². The average molecular weight is 530 g/mol. The van der Waals surface area contributed by atoms with Gasteiger partial charge in [0.25, 0.3) is 5.91 Å². The van der Waals surface area contributed by atoms with Gasteiger partial charge in [0.2, 0.25) is 0 Å². The first-order valence-corrected chi connectivity index (χ1v) is 13.7. The molecule has 1 aliphatic rings. The van der Waals surface area contributed by atoms with E-state index in [9.17, 15) is 9.59 Å². The van der Waals surface area contributed by atoms with Gasteiger partial charge in [-0.3, -0.25) is 10.1 Å². The highest BCUT2D eigenvalue weighted by Gasteiger charge is 2.21. The van der Waals surface area contributed by atoms with Gasteiger partial charge in [0.1, 0.15) is 22.1 Å². The lowest BCUT2D eigenvalue weighted by Crippen LogP contribution is -2.15. The number of ether oxygens (including phenoxy) is 1. The van der Waals surface area contributed by atoms with E-state index >= 15 is 0 Å². The fourth-order valence-corrected chi connectivity index (χ4v) is 5.52. The molecule has 1 fully saturated rings. The highest BCUT2D eigenvalue weighted by molar-refractivity contribution is 7.17. The van der Waals surface area contributed by atoms with E-state index in [0.29, 0.717) is 5.92 Å². The van der Waals surface area contributed by atoms with Gasteiger partial charge in [0.05, 0.1) is 6.20 Å². The number of aromatic carboxylic acids is 1. The molecule has 7 nitrogen and oxygen atoms in total. The summed E-state index contributed by atoms with van der Waals surface area (Å²) in [5, 5.41) is 13.9. The number of carboxylic acids is 1. The molecule has 2 heterocycles. The molecule has 0 atom stereocenters. The Kier molecular flexibility index (Phi) is 7.17. The topological polar surface area (TPSA) is 101 Å². The number of hydrogen-bond acceptors (Lipinski definition) is 6. The Balaban J connectivity index is 1.44. The lowest BCUT2D eigenvalue weighted by atomic mass is 9.87. The minimum absolute atomic E-state index is 0.0641. The van der Waals surface area contributed by atoms with Crippen LogP contribution in [-0.4, -0.2) is 27.0 Å². The van der Waals surface area contributed by atoms with Crippen LogP contribution in [0, 0.1) is 5.92 Å². The highest BCUT2D eigenvalue weighted by Crippen LogP contribution is 2.33. The number of anilines is 1. The average Bonchev–Trinajstić information content (AvgIpc) is 3.56. The molecule has 2 N–H and O–H groups in total. The zero-order chi connectivity index (χ0) is 26.9. The van der Waals surface area contributed by atoms with Crippen LogP contribution in [-0.2, 0) is 11.8 Å². The van der Waals surface area contributed by atoms with Crippen molar-refractivity contribution in [1.29, 1.82) is 0 Å². The fourth-order valence-electron chi connectivity index (χ4n) is 4.87. The SMILES string of the molecule is CC(C)(C)c1ccc(Oc2ccc3cc(C(=O)Nc4ncc(C(=O)O)s4)nc(CC4CCCC4)c3c2)cc1. The van der Waals surface area contributed by atoms with Crippen molar-refractivity contribution < 1.29 is 19.4 Å². The van der Waals surface area contributed by atoms with Crippen molar-refractivity contribution in [3.8, 4) is 11.5 Å². The molecule has 2 aromatic carbocycles. The summed E-state index contributed by atoms with van der Waals surface area (Å²) in [5.74, 6) is 0.536. The summed E-state index contributed by atoms with van der Waals surface area (Å²) in [6.45, 7) is 6.55. The van der Waals surface area contributed by atoms with Crippen LogP contribution in [0.3, 0.4) is 0 Å². The maximum atomic E-state index is 13.1. The Labute approximate surface area is 225 Å². The number of hydrogen-bond donors (Lipinski definition) is 2. The molecule has 0 bridgehead atoms. The Morgan fingerprint density at radius 3 is 2.42 bits per heavy atom. The summed E-state index contributed by atoms with van der Waals surface area (Å²) in [6.07, 6.45) is 6.79. The van der Waals surface area contributed by atoms with Crippen LogP contribution in [0.25, 0.3) is 10.8 Å². The summed E-state index contributed by atoms with van der Waals surface area (Å²) >= 11 is 0.916. The summed E-state index contributed by atoms with van der Waals surface area (Å²) in [5.41, 5.74) is 2.47. The fraction of sp³-hybridized carbons (Fsp3) is 0.333. The molecule has 38 heavy (non-hydrogen) atoms. The molecular weight excluding hydrogens is 498 g/mol. The van der Waals surface area contributed by atoms with Crippen molar-refractivity contribution in [1.82, 2.24) is 9.97 Å². The van der Waals surface area contributed by atoms with E-state index in [-0.39, 0.29) is 21.1 Å². The van der Waals surface area contributed by atoms with E-state index in [4.69, 9.17) is 14.8 Å². The third kappa shape index (κ3) is 5.86. The zero-order valence-electron chi connectivity index (χ0n) is 21.8. The lowest BCUT2D eigenvalue weighted by Gasteiger charge is -2.19. The number of amides is 1. The van der Waals surface area contributed by atoms with Gasteiger partial charge in [-0.2, -0.15) is 0 Å². The monoisotopic (exact) mass is 529 g/mol. The number of thiazole rings is 1. The van der Waals surface area contributed by atoms with Crippen LogP contribution in [0.15, 0.2) is 54.7 Å². The normalized spacial score (nSPS) is 14.1. The minimum atomic E-state index is -1.08. The van der Waals surface area contributed by atoms with Gasteiger partial charge in [0, 0.05) is 11.1 Å². The molecule has 8 heteroatoms. The number of carboxylic acid groups (broad SMARTS) is 1. The molecule has 0 saturated heterocycles. The number of nitrogens with zero attached hydrogens (tertiary/aromatic N) is 2. The standard InChI is InChI=1S/C30H31N3O4S/c1-30(2,3)20-9-12-21(13-10-20)37-22-11-8-19-15-25(27(34)33-29-31-17-26(38-29)28(35)36)32-24(23(19)16-22)14-18-6-4-5-7-18/h8-13,15-18H,4-7,14H2,1-3H3,(H,35,36)(H,31,33,34). The second-order valence-corrected chi connectivity index (χ2v) is 11.9. The molecule has 2 aromatic heterocycles. The summed E-state index contributed by atoms with van der Waals surface area (Å²) < 4.78 is 6.20.